The number of fused-ring (bicyclic) bond motifs is 1. The Kier molecular flexibility index (Phi) is 3.49. The molecule has 0 spiro atoms. The second-order valence-electron chi connectivity index (χ2n) is 5.56. The Morgan fingerprint density at radius 2 is 2.24 bits per heavy atom. The van der Waals surface area contributed by atoms with Crippen LogP contribution in [0.3, 0.4) is 0 Å². The van der Waals surface area contributed by atoms with Crippen molar-refractivity contribution in [3.8, 4) is 11.5 Å². The highest BCUT2D eigenvalue weighted by Gasteiger charge is 2.24. The van der Waals surface area contributed by atoms with Gasteiger partial charge in [0.05, 0.1) is 25.0 Å². The Morgan fingerprint density at radius 3 is 2.90 bits per heavy atom. The minimum atomic E-state index is 0.169. The monoisotopic (exact) mass is 287 g/mol. The molecule has 0 amide bonds. The molecule has 1 aliphatic rings. The van der Waals surface area contributed by atoms with E-state index in [4.69, 9.17) is 9.47 Å². The molecule has 2 heterocycles. The first-order chi connectivity index (χ1) is 10.1. The van der Waals surface area contributed by atoms with E-state index < -0.39 is 0 Å². The summed E-state index contributed by atoms with van der Waals surface area (Å²) in [6, 6.07) is 5.95. The maximum atomic E-state index is 5.92. The fraction of sp³-hybridized carbons (Fsp3) is 0.438. The third-order valence-electron chi connectivity index (χ3n) is 3.79. The number of ether oxygens (including phenoxy) is 2. The molecule has 0 N–H and O–H groups in total. The van der Waals surface area contributed by atoms with E-state index in [9.17, 15) is 0 Å². The third kappa shape index (κ3) is 2.68. The Bertz CT molecular complexity index is 651. The number of hydrogen-bond acceptors (Lipinski definition) is 4. The summed E-state index contributed by atoms with van der Waals surface area (Å²) in [5.74, 6) is 1.76. The zero-order valence-corrected chi connectivity index (χ0v) is 13.0. The van der Waals surface area contributed by atoms with E-state index in [1.165, 1.54) is 5.56 Å². The number of anilines is 1. The number of rotatable bonds is 3. The van der Waals surface area contributed by atoms with E-state index in [1.807, 2.05) is 36.9 Å². The molecular formula is C16H21N3O2. The van der Waals surface area contributed by atoms with Crippen molar-refractivity contribution in [1.29, 1.82) is 0 Å². The van der Waals surface area contributed by atoms with Gasteiger partial charge in [-0.3, -0.25) is 4.68 Å². The average molecular weight is 287 g/mol. The van der Waals surface area contributed by atoms with Gasteiger partial charge in [0.1, 0.15) is 17.6 Å². The van der Waals surface area contributed by atoms with Gasteiger partial charge < -0.3 is 14.4 Å². The molecule has 1 aromatic heterocycles. The Hall–Kier alpha value is -2.17. The van der Waals surface area contributed by atoms with Crippen LogP contribution in [0.4, 0.5) is 5.69 Å². The van der Waals surface area contributed by atoms with Gasteiger partial charge in [-0.15, -0.1) is 0 Å². The van der Waals surface area contributed by atoms with Crippen LogP contribution in [0.5, 0.6) is 11.5 Å². The Morgan fingerprint density at radius 1 is 1.43 bits per heavy atom. The molecule has 5 heteroatoms. The first-order valence-electron chi connectivity index (χ1n) is 7.15. The Labute approximate surface area is 125 Å². The summed E-state index contributed by atoms with van der Waals surface area (Å²) in [6.45, 7) is 5.82. The quantitative estimate of drug-likeness (QED) is 0.869. The fourth-order valence-electron chi connectivity index (χ4n) is 2.79. The standard InChI is InChI=1S/C16H21N3O2/c1-11-8-19(10-13-9-18(3)17-12(13)2)15-7-14(20-4)5-6-16(15)21-11/h5-7,9,11H,8,10H2,1-4H3/t11-/m0/s1. The van der Waals surface area contributed by atoms with E-state index in [-0.39, 0.29) is 6.10 Å². The predicted molar refractivity (Wildman–Crippen MR) is 82.1 cm³/mol. The summed E-state index contributed by atoms with van der Waals surface area (Å²) in [4.78, 5) is 2.33. The van der Waals surface area contributed by atoms with Crippen LogP contribution in [0, 0.1) is 6.92 Å². The maximum Gasteiger partial charge on any atom is 0.143 e. The lowest BCUT2D eigenvalue weighted by Gasteiger charge is -2.35. The molecule has 3 rings (SSSR count). The SMILES string of the molecule is COc1ccc2c(c1)N(Cc1cn(C)nc1C)C[C@H](C)O2. The van der Waals surface area contributed by atoms with Gasteiger partial charge >= 0.3 is 0 Å². The van der Waals surface area contributed by atoms with Crippen LogP contribution < -0.4 is 14.4 Å². The number of methoxy groups -OCH3 is 1. The molecule has 1 aromatic carbocycles. The van der Waals surface area contributed by atoms with Crippen LogP contribution in [-0.2, 0) is 13.6 Å². The highest BCUT2D eigenvalue weighted by atomic mass is 16.5. The van der Waals surface area contributed by atoms with Crippen molar-refractivity contribution in [3.05, 3.63) is 35.7 Å². The average Bonchev–Trinajstić information content (AvgIpc) is 2.76. The predicted octanol–water partition coefficient (Wildman–Crippen LogP) is 2.52. The lowest BCUT2D eigenvalue weighted by molar-refractivity contribution is 0.211. The van der Waals surface area contributed by atoms with Gasteiger partial charge in [0.25, 0.3) is 0 Å². The molecule has 0 bridgehead atoms. The summed E-state index contributed by atoms with van der Waals surface area (Å²) in [5.41, 5.74) is 3.39. The number of nitrogens with zero attached hydrogens (tertiary/aromatic N) is 3. The van der Waals surface area contributed by atoms with Crippen LogP contribution in [0.1, 0.15) is 18.2 Å². The first kappa shape index (κ1) is 13.8. The van der Waals surface area contributed by atoms with Gasteiger partial charge in [0, 0.05) is 31.4 Å². The molecule has 0 fully saturated rings. The van der Waals surface area contributed by atoms with E-state index in [1.54, 1.807) is 7.11 Å². The van der Waals surface area contributed by atoms with E-state index in [0.29, 0.717) is 0 Å². The minimum absolute atomic E-state index is 0.169. The largest absolute Gasteiger partial charge is 0.497 e. The van der Waals surface area contributed by atoms with Crippen LogP contribution >= 0.6 is 0 Å². The molecule has 1 aliphatic heterocycles. The third-order valence-corrected chi connectivity index (χ3v) is 3.79. The summed E-state index contributed by atoms with van der Waals surface area (Å²) in [7, 11) is 3.64. The number of benzene rings is 1. The van der Waals surface area contributed by atoms with E-state index in [2.05, 4.69) is 23.1 Å². The van der Waals surface area contributed by atoms with E-state index >= 15 is 0 Å². The Balaban J connectivity index is 1.94. The molecule has 0 unspecified atom stereocenters. The number of aryl methyl sites for hydroxylation is 2. The molecule has 0 saturated carbocycles. The zero-order chi connectivity index (χ0) is 15.0. The van der Waals surface area contributed by atoms with Gasteiger partial charge in [-0.2, -0.15) is 5.10 Å². The summed E-state index contributed by atoms with van der Waals surface area (Å²) < 4.78 is 13.1. The molecular weight excluding hydrogens is 266 g/mol. The van der Waals surface area contributed by atoms with Gasteiger partial charge in [-0.1, -0.05) is 0 Å². The van der Waals surface area contributed by atoms with Crippen LogP contribution in [0.2, 0.25) is 0 Å². The molecule has 1 atom stereocenters. The summed E-state index contributed by atoms with van der Waals surface area (Å²) in [6.07, 6.45) is 2.25. The first-order valence-corrected chi connectivity index (χ1v) is 7.15. The number of hydrogen-bond donors (Lipinski definition) is 0. The van der Waals surface area contributed by atoms with Gasteiger partial charge in [0.2, 0.25) is 0 Å². The fourth-order valence-corrected chi connectivity index (χ4v) is 2.79. The minimum Gasteiger partial charge on any atom is -0.497 e. The van der Waals surface area contributed by atoms with Crippen molar-refractivity contribution in [2.24, 2.45) is 7.05 Å². The molecule has 0 radical (unpaired) electrons. The van der Waals surface area contributed by atoms with Crippen molar-refractivity contribution in [2.45, 2.75) is 26.5 Å². The molecule has 112 valence electrons. The molecule has 0 saturated heterocycles. The van der Waals surface area contributed by atoms with Crippen LogP contribution in [0.15, 0.2) is 24.4 Å². The molecule has 0 aliphatic carbocycles. The summed E-state index contributed by atoms with van der Waals surface area (Å²) in [5, 5.41) is 4.42. The highest BCUT2D eigenvalue weighted by molar-refractivity contribution is 5.63. The van der Waals surface area contributed by atoms with Crippen molar-refractivity contribution in [3.63, 3.8) is 0 Å². The normalized spacial score (nSPS) is 17.3. The summed E-state index contributed by atoms with van der Waals surface area (Å²) >= 11 is 0. The van der Waals surface area contributed by atoms with Crippen molar-refractivity contribution in [1.82, 2.24) is 9.78 Å². The topological polar surface area (TPSA) is 39.5 Å². The lowest BCUT2D eigenvalue weighted by Crippen LogP contribution is -2.38. The lowest BCUT2D eigenvalue weighted by atomic mass is 10.1. The molecule has 21 heavy (non-hydrogen) atoms. The maximum absolute atomic E-state index is 5.92. The zero-order valence-electron chi connectivity index (χ0n) is 13.0. The van der Waals surface area contributed by atoms with Crippen molar-refractivity contribution >= 4 is 5.69 Å². The molecule has 5 nitrogen and oxygen atoms in total. The van der Waals surface area contributed by atoms with Gasteiger partial charge in [-0.25, -0.2) is 0 Å². The van der Waals surface area contributed by atoms with Crippen molar-refractivity contribution < 1.29 is 9.47 Å². The van der Waals surface area contributed by atoms with Crippen LogP contribution in [-0.4, -0.2) is 29.5 Å². The van der Waals surface area contributed by atoms with E-state index in [0.717, 1.165) is 36.0 Å². The van der Waals surface area contributed by atoms with Gasteiger partial charge in [-0.05, 0) is 26.0 Å². The highest BCUT2D eigenvalue weighted by Crippen LogP contribution is 2.37. The second-order valence-corrected chi connectivity index (χ2v) is 5.56. The second kappa shape index (κ2) is 5.31. The molecule has 2 aromatic rings. The van der Waals surface area contributed by atoms with Crippen molar-refractivity contribution in [2.75, 3.05) is 18.6 Å². The number of aromatic nitrogens is 2. The van der Waals surface area contributed by atoms with Crippen LogP contribution in [0.25, 0.3) is 0 Å². The smallest absolute Gasteiger partial charge is 0.143 e. The van der Waals surface area contributed by atoms with Gasteiger partial charge in [0.15, 0.2) is 0 Å².